The third kappa shape index (κ3) is 3.28. The molecule has 0 aliphatic rings. The molecule has 0 saturated carbocycles. The van der Waals surface area contributed by atoms with E-state index >= 15 is 0 Å². The fourth-order valence-electron chi connectivity index (χ4n) is 1.14. The minimum Gasteiger partial charge on any atom is -0.480 e. The molecule has 0 amide bonds. The van der Waals surface area contributed by atoms with Gasteiger partial charge >= 0.3 is 5.97 Å². The van der Waals surface area contributed by atoms with Crippen LogP contribution in [0.15, 0.2) is 18.2 Å². The monoisotopic (exact) mass is 215 g/mol. The van der Waals surface area contributed by atoms with Gasteiger partial charge in [0.15, 0.2) is 11.6 Å². The molecule has 2 N–H and O–H groups in total. The van der Waals surface area contributed by atoms with Crippen molar-refractivity contribution < 1.29 is 18.7 Å². The molecule has 0 aliphatic carbocycles. The van der Waals surface area contributed by atoms with Gasteiger partial charge in [-0.2, -0.15) is 0 Å². The average molecular weight is 215 g/mol. The number of hydrogen-bond donors (Lipinski definition) is 2. The van der Waals surface area contributed by atoms with Crippen molar-refractivity contribution in [2.45, 2.75) is 13.0 Å². The number of aliphatic carboxylic acids is 1. The molecule has 3 nitrogen and oxygen atoms in total. The van der Waals surface area contributed by atoms with Crippen LogP contribution in [0.1, 0.15) is 18.5 Å². The van der Waals surface area contributed by atoms with Gasteiger partial charge in [-0.3, -0.25) is 4.79 Å². The van der Waals surface area contributed by atoms with Gasteiger partial charge in [0.1, 0.15) is 0 Å². The maximum Gasteiger partial charge on any atom is 0.317 e. The summed E-state index contributed by atoms with van der Waals surface area (Å²) in [6, 6.07) is 3.15. The Morgan fingerprint density at radius 2 is 2.13 bits per heavy atom. The van der Waals surface area contributed by atoms with Gasteiger partial charge in [-0.15, -0.1) is 0 Å². The van der Waals surface area contributed by atoms with Crippen molar-refractivity contribution in [2.24, 2.45) is 0 Å². The van der Waals surface area contributed by atoms with Crippen LogP contribution in [-0.4, -0.2) is 17.6 Å². The molecule has 0 saturated heterocycles. The van der Waals surface area contributed by atoms with Crippen LogP contribution in [0, 0.1) is 11.6 Å². The van der Waals surface area contributed by atoms with Gasteiger partial charge in [0.25, 0.3) is 0 Å². The number of nitrogens with one attached hydrogen (secondary N) is 1. The van der Waals surface area contributed by atoms with E-state index in [-0.39, 0.29) is 12.6 Å². The van der Waals surface area contributed by atoms with E-state index in [9.17, 15) is 13.6 Å². The van der Waals surface area contributed by atoms with Crippen molar-refractivity contribution >= 4 is 5.97 Å². The van der Waals surface area contributed by atoms with Crippen molar-refractivity contribution in [1.82, 2.24) is 5.32 Å². The van der Waals surface area contributed by atoms with Crippen molar-refractivity contribution in [3.63, 3.8) is 0 Å². The van der Waals surface area contributed by atoms with Crippen molar-refractivity contribution in [2.75, 3.05) is 6.54 Å². The summed E-state index contributed by atoms with van der Waals surface area (Å²) in [6.07, 6.45) is 0. The summed E-state index contributed by atoms with van der Waals surface area (Å²) in [5, 5.41) is 11.1. The first-order valence-corrected chi connectivity index (χ1v) is 4.41. The van der Waals surface area contributed by atoms with E-state index in [0.717, 1.165) is 12.1 Å². The van der Waals surface area contributed by atoms with Gasteiger partial charge in [-0.05, 0) is 24.6 Å². The Balaban J connectivity index is 2.69. The molecule has 0 radical (unpaired) electrons. The number of hydrogen-bond acceptors (Lipinski definition) is 2. The number of carboxylic acid groups (broad SMARTS) is 1. The maximum atomic E-state index is 12.8. The third-order valence-corrected chi connectivity index (χ3v) is 2.00. The highest BCUT2D eigenvalue weighted by Crippen LogP contribution is 2.15. The molecular formula is C10H11F2NO2. The van der Waals surface area contributed by atoms with Gasteiger partial charge in [-0.1, -0.05) is 6.07 Å². The molecule has 0 aliphatic heterocycles. The Labute approximate surface area is 85.7 Å². The summed E-state index contributed by atoms with van der Waals surface area (Å²) in [5.41, 5.74) is 0.509. The molecule has 1 rings (SSSR count). The van der Waals surface area contributed by atoms with Gasteiger partial charge in [0, 0.05) is 6.04 Å². The second-order valence-corrected chi connectivity index (χ2v) is 3.17. The Kier molecular flexibility index (Phi) is 3.74. The first-order chi connectivity index (χ1) is 7.00. The fraction of sp³-hybridized carbons (Fsp3) is 0.300. The molecular weight excluding hydrogens is 204 g/mol. The zero-order chi connectivity index (χ0) is 11.4. The molecule has 1 aromatic carbocycles. The van der Waals surface area contributed by atoms with Gasteiger partial charge in [-0.25, -0.2) is 8.78 Å². The van der Waals surface area contributed by atoms with Crippen molar-refractivity contribution in [3.8, 4) is 0 Å². The molecule has 1 unspecified atom stereocenters. The van der Waals surface area contributed by atoms with Crippen LogP contribution < -0.4 is 5.32 Å². The molecule has 5 heteroatoms. The van der Waals surface area contributed by atoms with Crippen LogP contribution in [0.3, 0.4) is 0 Å². The van der Waals surface area contributed by atoms with E-state index in [2.05, 4.69) is 5.32 Å². The summed E-state index contributed by atoms with van der Waals surface area (Å²) < 4.78 is 25.4. The van der Waals surface area contributed by atoms with Crippen molar-refractivity contribution in [3.05, 3.63) is 35.4 Å². The summed E-state index contributed by atoms with van der Waals surface area (Å²) >= 11 is 0. The first-order valence-electron chi connectivity index (χ1n) is 4.41. The van der Waals surface area contributed by atoms with Gasteiger partial charge in [0.05, 0.1) is 6.54 Å². The highest BCUT2D eigenvalue weighted by atomic mass is 19.2. The maximum absolute atomic E-state index is 12.8. The summed E-state index contributed by atoms with van der Waals surface area (Å²) in [6.45, 7) is 1.45. The number of halogens is 2. The lowest BCUT2D eigenvalue weighted by Gasteiger charge is -2.12. The minimum atomic E-state index is -0.996. The first kappa shape index (κ1) is 11.6. The Morgan fingerprint density at radius 1 is 1.47 bits per heavy atom. The molecule has 1 atom stereocenters. The van der Waals surface area contributed by atoms with Crippen LogP contribution in [0.4, 0.5) is 8.78 Å². The van der Waals surface area contributed by atoms with Gasteiger partial charge in [0.2, 0.25) is 0 Å². The van der Waals surface area contributed by atoms with E-state index in [1.54, 1.807) is 6.92 Å². The standard InChI is InChI=1S/C10H11F2NO2/c1-6(13-5-10(14)15)7-2-3-8(11)9(12)4-7/h2-4,6,13H,5H2,1H3,(H,14,15). The van der Waals surface area contributed by atoms with E-state index in [1.165, 1.54) is 6.07 Å². The van der Waals surface area contributed by atoms with Crippen LogP contribution in [0.25, 0.3) is 0 Å². The van der Waals surface area contributed by atoms with E-state index in [0.29, 0.717) is 5.56 Å². The number of rotatable bonds is 4. The van der Waals surface area contributed by atoms with Crippen LogP contribution in [0.2, 0.25) is 0 Å². The highest BCUT2D eigenvalue weighted by molar-refractivity contribution is 5.69. The lowest BCUT2D eigenvalue weighted by Crippen LogP contribution is -2.25. The zero-order valence-electron chi connectivity index (χ0n) is 8.13. The molecule has 0 aromatic heterocycles. The quantitative estimate of drug-likeness (QED) is 0.803. The second-order valence-electron chi connectivity index (χ2n) is 3.17. The summed E-state index contributed by atoms with van der Waals surface area (Å²) in [4.78, 5) is 10.3. The van der Waals surface area contributed by atoms with E-state index in [1.807, 2.05) is 0 Å². The molecule has 15 heavy (non-hydrogen) atoms. The second kappa shape index (κ2) is 4.84. The lowest BCUT2D eigenvalue weighted by atomic mass is 10.1. The van der Waals surface area contributed by atoms with Gasteiger partial charge < -0.3 is 10.4 Å². The molecule has 0 fully saturated rings. The smallest absolute Gasteiger partial charge is 0.317 e. The largest absolute Gasteiger partial charge is 0.480 e. The summed E-state index contributed by atoms with van der Waals surface area (Å²) in [5.74, 6) is -2.84. The predicted octanol–water partition coefficient (Wildman–Crippen LogP) is 1.70. The topological polar surface area (TPSA) is 49.3 Å². The fourth-order valence-corrected chi connectivity index (χ4v) is 1.14. The number of benzene rings is 1. The third-order valence-electron chi connectivity index (χ3n) is 2.00. The van der Waals surface area contributed by atoms with Crippen LogP contribution in [-0.2, 0) is 4.79 Å². The molecule has 82 valence electrons. The highest BCUT2D eigenvalue weighted by Gasteiger charge is 2.09. The molecule has 1 aromatic rings. The average Bonchev–Trinajstić information content (AvgIpc) is 2.18. The molecule has 0 heterocycles. The Bertz CT molecular complexity index is 368. The van der Waals surface area contributed by atoms with Crippen LogP contribution >= 0.6 is 0 Å². The minimum absolute atomic E-state index is 0.222. The van der Waals surface area contributed by atoms with E-state index < -0.39 is 17.6 Å². The lowest BCUT2D eigenvalue weighted by molar-refractivity contribution is -0.136. The Hall–Kier alpha value is -1.49. The Morgan fingerprint density at radius 3 is 2.67 bits per heavy atom. The number of carboxylic acids is 1. The van der Waals surface area contributed by atoms with E-state index in [4.69, 9.17) is 5.11 Å². The molecule has 0 spiro atoms. The van der Waals surface area contributed by atoms with Crippen LogP contribution in [0.5, 0.6) is 0 Å². The molecule has 0 bridgehead atoms. The number of carbonyl (C=O) groups is 1. The zero-order valence-corrected chi connectivity index (χ0v) is 8.13. The normalized spacial score (nSPS) is 12.5. The summed E-state index contributed by atoms with van der Waals surface area (Å²) in [7, 11) is 0. The predicted molar refractivity (Wildman–Crippen MR) is 50.4 cm³/mol. The SMILES string of the molecule is CC(NCC(=O)O)c1ccc(F)c(F)c1. The van der Waals surface area contributed by atoms with Crippen molar-refractivity contribution in [1.29, 1.82) is 0 Å².